The summed E-state index contributed by atoms with van der Waals surface area (Å²) < 4.78 is 3.71. The Morgan fingerprint density at radius 1 is 1.03 bits per heavy atom. The fourth-order valence-corrected chi connectivity index (χ4v) is 3.28. The largest absolute Gasteiger partial charge is 0.305 e. The van der Waals surface area contributed by atoms with Crippen molar-refractivity contribution in [3.8, 4) is 5.69 Å². The number of rotatable bonds is 8. The standard InChI is InChI=1S/C23H23N5O2/c1-16(2)12-22(30)20-5-3-4-19(26-20)21(29)8-6-17-13-25-28(14-17)18-7-9-23-24-10-11-27(23)15-18/h3-5,7,9-11,13-16H,6,8,12H2,1-2H3. The molecule has 0 bridgehead atoms. The first-order valence-electron chi connectivity index (χ1n) is 9.99. The molecule has 4 heterocycles. The van der Waals surface area contributed by atoms with Crippen LogP contribution >= 0.6 is 0 Å². The number of ketones is 2. The lowest BCUT2D eigenvalue weighted by molar-refractivity contribution is 0.0962. The number of carbonyl (C=O) groups is 2. The molecule has 0 amide bonds. The molecule has 0 spiro atoms. The molecule has 0 saturated heterocycles. The van der Waals surface area contributed by atoms with Crippen LogP contribution in [0, 0.1) is 5.92 Å². The van der Waals surface area contributed by atoms with Crippen LogP contribution in [0.1, 0.15) is 53.2 Å². The van der Waals surface area contributed by atoms with E-state index in [0.29, 0.717) is 30.7 Å². The zero-order valence-corrected chi connectivity index (χ0v) is 17.0. The minimum Gasteiger partial charge on any atom is -0.305 e. The number of imidazole rings is 1. The Morgan fingerprint density at radius 2 is 1.83 bits per heavy atom. The molecule has 7 heteroatoms. The average molecular weight is 401 g/mol. The van der Waals surface area contributed by atoms with Gasteiger partial charge in [0.05, 0.1) is 11.9 Å². The predicted octanol–water partition coefficient (Wildman–Crippen LogP) is 3.96. The SMILES string of the molecule is CC(C)CC(=O)c1cccc(C(=O)CCc2cnn(-c3ccc4nccn4c3)c2)n1. The summed E-state index contributed by atoms with van der Waals surface area (Å²) in [5.74, 6) is 0.141. The van der Waals surface area contributed by atoms with Crippen LogP contribution in [0.25, 0.3) is 11.3 Å². The van der Waals surface area contributed by atoms with Gasteiger partial charge >= 0.3 is 0 Å². The molecule has 0 fully saturated rings. The highest BCUT2D eigenvalue weighted by atomic mass is 16.1. The number of aryl methyl sites for hydroxylation is 1. The Bertz CT molecular complexity index is 1210. The van der Waals surface area contributed by atoms with Crippen LogP contribution < -0.4 is 0 Å². The molecular formula is C23H23N5O2. The highest BCUT2D eigenvalue weighted by molar-refractivity contribution is 5.98. The number of aromatic nitrogens is 5. The molecule has 4 rings (SSSR count). The second-order valence-corrected chi connectivity index (χ2v) is 7.73. The van der Waals surface area contributed by atoms with E-state index in [1.54, 1.807) is 35.3 Å². The van der Waals surface area contributed by atoms with Gasteiger partial charge in [-0.1, -0.05) is 19.9 Å². The smallest absolute Gasteiger partial charge is 0.181 e. The second kappa shape index (κ2) is 8.41. The van der Waals surface area contributed by atoms with Crippen LogP contribution in [0.15, 0.2) is 61.3 Å². The van der Waals surface area contributed by atoms with Crippen molar-refractivity contribution in [1.82, 2.24) is 24.1 Å². The Kier molecular flexibility index (Phi) is 5.52. The first-order chi connectivity index (χ1) is 14.5. The highest BCUT2D eigenvalue weighted by Gasteiger charge is 2.14. The number of fused-ring (bicyclic) bond motifs is 1. The van der Waals surface area contributed by atoms with E-state index in [2.05, 4.69) is 15.1 Å². The first kappa shape index (κ1) is 19.7. The van der Waals surface area contributed by atoms with Gasteiger partial charge in [0.25, 0.3) is 0 Å². The third-order valence-corrected chi connectivity index (χ3v) is 4.83. The van der Waals surface area contributed by atoms with Crippen LogP contribution in [0.5, 0.6) is 0 Å². The lowest BCUT2D eigenvalue weighted by Crippen LogP contribution is -2.10. The van der Waals surface area contributed by atoms with E-state index in [1.165, 1.54) is 0 Å². The van der Waals surface area contributed by atoms with Crippen molar-refractivity contribution >= 4 is 17.2 Å². The molecule has 0 aromatic carbocycles. The minimum absolute atomic E-state index is 0.0317. The van der Waals surface area contributed by atoms with Gasteiger partial charge in [0.1, 0.15) is 17.0 Å². The number of pyridine rings is 2. The van der Waals surface area contributed by atoms with Crippen molar-refractivity contribution in [1.29, 1.82) is 0 Å². The van der Waals surface area contributed by atoms with Gasteiger partial charge in [-0.25, -0.2) is 14.6 Å². The fraction of sp³-hybridized carbons (Fsp3) is 0.261. The maximum atomic E-state index is 12.6. The molecular weight excluding hydrogens is 378 g/mol. The summed E-state index contributed by atoms with van der Waals surface area (Å²) in [6.45, 7) is 3.97. The molecule has 0 aliphatic carbocycles. The fourth-order valence-electron chi connectivity index (χ4n) is 3.28. The van der Waals surface area contributed by atoms with Gasteiger partial charge in [-0.3, -0.25) is 9.59 Å². The summed E-state index contributed by atoms with van der Waals surface area (Å²) in [5.41, 5.74) is 3.44. The van der Waals surface area contributed by atoms with Crippen molar-refractivity contribution < 1.29 is 9.59 Å². The number of nitrogens with zero attached hydrogens (tertiary/aromatic N) is 5. The zero-order valence-electron chi connectivity index (χ0n) is 17.0. The van der Waals surface area contributed by atoms with E-state index < -0.39 is 0 Å². The molecule has 30 heavy (non-hydrogen) atoms. The normalized spacial score (nSPS) is 11.3. The third kappa shape index (κ3) is 4.35. The monoisotopic (exact) mass is 401 g/mol. The number of Topliss-reactive ketones (excluding diaryl/α,β-unsaturated/α-hetero) is 2. The van der Waals surface area contributed by atoms with Gasteiger partial charge in [0, 0.05) is 37.6 Å². The topological polar surface area (TPSA) is 82.1 Å². The average Bonchev–Trinajstić information content (AvgIpc) is 3.40. The Morgan fingerprint density at radius 3 is 2.63 bits per heavy atom. The van der Waals surface area contributed by atoms with Crippen molar-refractivity contribution in [2.45, 2.75) is 33.1 Å². The van der Waals surface area contributed by atoms with Crippen LogP contribution in [0.2, 0.25) is 0 Å². The van der Waals surface area contributed by atoms with Crippen LogP contribution in [-0.2, 0) is 6.42 Å². The maximum absolute atomic E-state index is 12.6. The second-order valence-electron chi connectivity index (χ2n) is 7.73. The quantitative estimate of drug-likeness (QED) is 0.417. The number of carbonyl (C=O) groups excluding carboxylic acids is 2. The molecule has 152 valence electrons. The summed E-state index contributed by atoms with van der Waals surface area (Å²) >= 11 is 0. The zero-order chi connectivity index (χ0) is 21.1. The number of hydrogen-bond acceptors (Lipinski definition) is 5. The molecule has 0 aliphatic rings. The van der Waals surface area contributed by atoms with Crippen molar-refractivity contribution in [2.24, 2.45) is 5.92 Å². The number of hydrogen-bond donors (Lipinski definition) is 0. The van der Waals surface area contributed by atoms with E-state index in [9.17, 15) is 9.59 Å². The molecule has 4 aromatic rings. The minimum atomic E-state index is -0.0817. The molecule has 0 N–H and O–H groups in total. The Labute approximate surface area is 174 Å². The Hall–Kier alpha value is -3.61. The predicted molar refractivity (Wildman–Crippen MR) is 113 cm³/mol. The summed E-state index contributed by atoms with van der Waals surface area (Å²) in [7, 11) is 0. The molecule has 0 radical (unpaired) electrons. The first-order valence-corrected chi connectivity index (χ1v) is 9.99. The maximum Gasteiger partial charge on any atom is 0.181 e. The summed E-state index contributed by atoms with van der Waals surface area (Å²) in [6.07, 6.45) is 10.6. The van der Waals surface area contributed by atoms with E-state index in [1.807, 2.05) is 49.0 Å². The van der Waals surface area contributed by atoms with Crippen LogP contribution in [-0.4, -0.2) is 35.7 Å². The molecule has 4 aromatic heterocycles. The summed E-state index contributed by atoms with van der Waals surface area (Å²) in [5, 5.41) is 4.40. The van der Waals surface area contributed by atoms with E-state index in [4.69, 9.17) is 0 Å². The van der Waals surface area contributed by atoms with Gasteiger partial charge in [0.15, 0.2) is 11.6 Å². The molecule has 0 saturated carbocycles. The van der Waals surface area contributed by atoms with Crippen LogP contribution in [0.3, 0.4) is 0 Å². The van der Waals surface area contributed by atoms with Gasteiger partial charge in [-0.2, -0.15) is 5.10 Å². The summed E-state index contributed by atoms with van der Waals surface area (Å²) in [4.78, 5) is 33.3. The molecule has 0 aliphatic heterocycles. The van der Waals surface area contributed by atoms with Gasteiger partial charge < -0.3 is 4.40 Å². The highest BCUT2D eigenvalue weighted by Crippen LogP contribution is 2.13. The van der Waals surface area contributed by atoms with Gasteiger partial charge in [0.2, 0.25) is 0 Å². The van der Waals surface area contributed by atoms with Crippen molar-refractivity contribution in [3.05, 3.63) is 78.3 Å². The summed E-state index contributed by atoms with van der Waals surface area (Å²) in [6, 6.07) is 8.94. The van der Waals surface area contributed by atoms with Crippen LogP contribution in [0.4, 0.5) is 0 Å². The van der Waals surface area contributed by atoms with Gasteiger partial charge in [-0.05, 0) is 42.2 Å². The molecule has 0 unspecified atom stereocenters. The van der Waals surface area contributed by atoms with E-state index in [-0.39, 0.29) is 17.5 Å². The van der Waals surface area contributed by atoms with E-state index >= 15 is 0 Å². The Balaban J connectivity index is 1.41. The van der Waals surface area contributed by atoms with E-state index in [0.717, 1.165) is 16.9 Å². The third-order valence-electron chi connectivity index (χ3n) is 4.83. The lowest BCUT2D eigenvalue weighted by Gasteiger charge is -2.05. The van der Waals surface area contributed by atoms with Crippen molar-refractivity contribution in [3.63, 3.8) is 0 Å². The molecule has 7 nitrogen and oxygen atoms in total. The molecule has 0 atom stereocenters. The van der Waals surface area contributed by atoms with Gasteiger partial charge in [-0.15, -0.1) is 0 Å². The van der Waals surface area contributed by atoms with Crippen molar-refractivity contribution in [2.75, 3.05) is 0 Å². The lowest BCUT2D eigenvalue weighted by atomic mass is 10.0.